The number of rotatable bonds is 2. The van der Waals surface area contributed by atoms with E-state index < -0.39 is 5.54 Å². The monoisotopic (exact) mass is 253 g/mol. The number of pyridine rings is 1. The van der Waals surface area contributed by atoms with Gasteiger partial charge in [0.25, 0.3) is 0 Å². The van der Waals surface area contributed by atoms with E-state index in [1.807, 2.05) is 6.92 Å². The SMILES string of the molecule is CC1(C(=O)Nc2cnccc2Cl)CCCCN1. The molecule has 92 valence electrons. The molecule has 2 N–H and O–H groups in total. The Kier molecular flexibility index (Phi) is 3.64. The van der Waals surface area contributed by atoms with Crippen molar-refractivity contribution in [1.29, 1.82) is 0 Å². The van der Waals surface area contributed by atoms with Crippen LogP contribution >= 0.6 is 11.6 Å². The Bertz CT molecular complexity index is 416. The predicted octanol–water partition coefficient (Wildman–Crippen LogP) is 2.21. The number of hydrogen-bond acceptors (Lipinski definition) is 3. The van der Waals surface area contributed by atoms with Gasteiger partial charge >= 0.3 is 0 Å². The topological polar surface area (TPSA) is 54.0 Å². The molecule has 2 heterocycles. The summed E-state index contributed by atoms with van der Waals surface area (Å²) in [5, 5.41) is 6.59. The van der Waals surface area contributed by atoms with E-state index in [1.165, 1.54) is 0 Å². The molecule has 1 atom stereocenters. The first-order valence-corrected chi connectivity index (χ1v) is 6.16. The first-order chi connectivity index (χ1) is 8.12. The summed E-state index contributed by atoms with van der Waals surface area (Å²) in [5.74, 6) is -0.0490. The van der Waals surface area contributed by atoms with Crippen LogP contribution in [-0.2, 0) is 4.79 Å². The zero-order chi connectivity index (χ0) is 12.3. The van der Waals surface area contributed by atoms with Gasteiger partial charge < -0.3 is 10.6 Å². The lowest BCUT2D eigenvalue weighted by Crippen LogP contribution is -2.54. The lowest BCUT2D eigenvalue weighted by Gasteiger charge is -2.33. The van der Waals surface area contributed by atoms with Crippen molar-refractivity contribution in [2.24, 2.45) is 0 Å². The summed E-state index contributed by atoms with van der Waals surface area (Å²) in [6.07, 6.45) is 6.19. The van der Waals surface area contributed by atoms with E-state index in [1.54, 1.807) is 18.5 Å². The van der Waals surface area contributed by atoms with Gasteiger partial charge in [0.15, 0.2) is 0 Å². The van der Waals surface area contributed by atoms with Gasteiger partial charge in [-0.1, -0.05) is 11.6 Å². The van der Waals surface area contributed by atoms with E-state index in [-0.39, 0.29) is 5.91 Å². The molecule has 17 heavy (non-hydrogen) atoms. The van der Waals surface area contributed by atoms with Gasteiger partial charge in [0.05, 0.1) is 22.4 Å². The maximum atomic E-state index is 12.2. The fraction of sp³-hybridized carbons (Fsp3) is 0.500. The van der Waals surface area contributed by atoms with E-state index >= 15 is 0 Å². The summed E-state index contributed by atoms with van der Waals surface area (Å²) in [6, 6.07) is 1.66. The number of piperidine rings is 1. The average Bonchev–Trinajstić information content (AvgIpc) is 2.33. The van der Waals surface area contributed by atoms with Crippen LogP contribution in [0.2, 0.25) is 5.02 Å². The van der Waals surface area contributed by atoms with Crippen LogP contribution in [-0.4, -0.2) is 23.0 Å². The van der Waals surface area contributed by atoms with E-state index in [2.05, 4.69) is 15.6 Å². The average molecular weight is 254 g/mol. The molecule has 1 fully saturated rings. The highest BCUT2D eigenvalue weighted by Gasteiger charge is 2.34. The van der Waals surface area contributed by atoms with Crippen LogP contribution < -0.4 is 10.6 Å². The highest BCUT2D eigenvalue weighted by Crippen LogP contribution is 2.24. The molecule has 1 unspecified atom stereocenters. The van der Waals surface area contributed by atoms with Crippen LogP contribution in [0, 0.1) is 0 Å². The van der Waals surface area contributed by atoms with Crippen molar-refractivity contribution in [2.75, 3.05) is 11.9 Å². The van der Waals surface area contributed by atoms with Crippen LogP contribution in [0.4, 0.5) is 5.69 Å². The molecule has 0 radical (unpaired) electrons. The number of anilines is 1. The maximum absolute atomic E-state index is 12.2. The number of carbonyl (C=O) groups is 1. The Labute approximate surface area is 106 Å². The van der Waals surface area contributed by atoms with E-state index in [0.29, 0.717) is 10.7 Å². The number of nitrogens with zero attached hydrogens (tertiary/aromatic N) is 1. The third kappa shape index (κ3) is 2.76. The second-order valence-electron chi connectivity index (χ2n) is 4.53. The molecule has 0 spiro atoms. The lowest BCUT2D eigenvalue weighted by atomic mass is 9.90. The molecule has 0 bridgehead atoms. The normalized spacial score (nSPS) is 24.4. The minimum atomic E-state index is -0.503. The quantitative estimate of drug-likeness (QED) is 0.850. The Morgan fingerprint density at radius 1 is 1.59 bits per heavy atom. The fourth-order valence-electron chi connectivity index (χ4n) is 1.98. The molecular formula is C12H16ClN3O. The van der Waals surface area contributed by atoms with Gasteiger partial charge in [0.1, 0.15) is 0 Å². The van der Waals surface area contributed by atoms with E-state index in [4.69, 9.17) is 11.6 Å². The first-order valence-electron chi connectivity index (χ1n) is 5.78. The third-order valence-corrected chi connectivity index (χ3v) is 3.47. The summed E-state index contributed by atoms with van der Waals surface area (Å²) >= 11 is 5.98. The summed E-state index contributed by atoms with van der Waals surface area (Å²) in [6.45, 7) is 2.80. The third-order valence-electron chi connectivity index (χ3n) is 3.14. The number of halogens is 1. The number of hydrogen-bond donors (Lipinski definition) is 2. The summed E-state index contributed by atoms with van der Waals surface area (Å²) < 4.78 is 0. The molecule has 2 rings (SSSR count). The van der Waals surface area contributed by atoms with Crippen molar-refractivity contribution in [2.45, 2.75) is 31.7 Å². The van der Waals surface area contributed by atoms with Gasteiger partial charge in [-0.2, -0.15) is 0 Å². The molecule has 0 aliphatic carbocycles. The number of carbonyl (C=O) groups excluding carboxylic acids is 1. The zero-order valence-corrected chi connectivity index (χ0v) is 10.5. The summed E-state index contributed by atoms with van der Waals surface area (Å²) in [4.78, 5) is 16.1. The van der Waals surface area contributed by atoms with Crippen molar-refractivity contribution < 1.29 is 4.79 Å². The van der Waals surface area contributed by atoms with Gasteiger partial charge in [0.2, 0.25) is 5.91 Å². The maximum Gasteiger partial charge on any atom is 0.244 e. The standard InChI is InChI=1S/C12H16ClN3O/c1-12(5-2-3-6-15-12)11(17)16-10-8-14-7-4-9(10)13/h4,7-8,15H,2-3,5-6H2,1H3,(H,16,17). The Morgan fingerprint density at radius 2 is 2.41 bits per heavy atom. The number of nitrogens with one attached hydrogen (secondary N) is 2. The minimum absolute atomic E-state index is 0.0490. The molecule has 0 aromatic carbocycles. The highest BCUT2D eigenvalue weighted by molar-refractivity contribution is 6.33. The number of aromatic nitrogens is 1. The smallest absolute Gasteiger partial charge is 0.244 e. The van der Waals surface area contributed by atoms with Gasteiger partial charge in [-0.05, 0) is 38.8 Å². The van der Waals surface area contributed by atoms with Crippen LogP contribution in [0.1, 0.15) is 26.2 Å². The van der Waals surface area contributed by atoms with Crippen LogP contribution in [0.25, 0.3) is 0 Å². The second kappa shape index (κ2) is 5.02. The summed E-state index contributed by atoms with van der Waals surface area (Å²) in [5.41, 5.74) is 0.0602. The molecule has 1 amide bonds. The molecule has 1 aromatic rings. The molecule has 1 aliphatic heterocycles. The lowest BCUT2D eigenvalue weighted by molar-refractivity contribution is -0.122. The van der Waals surface area contributed by atoms with Gasteiger partial charge in [0, 0.05) is 6.20 Å². The van der Waals surface area contributed by atoms with E-state index in [0.717, 1.165) is 25.8 Å². The Hall–Kier alpha value is -1.13. The molecule has 5 heteroatoms. The fourth-order valence-corrected chi connectivity index (χ4v) is 2.13. The van der Waals surface area contributed by atoms with Crippen LogP contribution in [0.5, 0.6) is 0 Å². The van der Waals surface area contributed by atoms with Crippen molar-refractivity contribution in [3.05, 3.63) is 23.5 Å². The van der Waals surface area contributed by atoms with Gasteiger partial charge in [-0.15, -0.1) is 0 Å². The first kappa shape index (κ1) is 12.3. The van der Waals surface area contributed by atoms with Gasteiger partial charge in [-0.3, -0.25) is 9.78 Å². The summed E-state index contributed by atoms with van der Waals surface area (Å²) in [7, 11) is 0. The largest absolute Gasteiger partial charge is 0.322 e. The molecule has 1 aromatic heterocycles. The van der Waals surface area contributed by atoms with Gasteiger partial charge in [-0.25, -0.2) is 0 Å². The van der Waals surface area contributed by atoms with Crippen LogP contribution in [0.15, 0.2) is 18.5 Å². The molecule has 0 saturated carbocycles. The second-order valence-corrected chi connectivity index (χ2v) is 4.93. The minimum Gasteiger partial charge on any atom is -0.322 e. The Morgan fingerprint density at radius 3 is 3.06 bits per heavy atom. The number of amides is 1. The molecule has 4 nitrogen and oxygen atoms in total. The van der Waals surface area contributed by atoms with Crippen molar-refractivity contribution in [1.82, 2.24) is 10.3 Å². The Balaban J connectivity index is 2.08. The predicted molar refractivity (Wildman–Crippen MR) is 68.1 cm³/mol. The molecule has 1 saturated heterocycles. The molecule has 1 aliphatic rings. The van der Waals surface area contributed by atoms with Crippen molar-refractivity contribution >= 4 is 23.2 Å². The zero-order valence-electron chi connectivity index (χ0n) is 9.79. The van der Waals surface area contributed by atoms with E-state index in [9.17, 15) is 4.79 Å². The van der Waals surface area contributed by atoms with Crippen molar-refractivity contribution in [3.63, 3.8) is 0 Å². The highest BCUT2D eigenvalue weighted by atomic mass is 35.5. The molecular weight excluding hydrogens is 238 g/mol. The van der Waals surface area contributed by atoms with Crippen LogP contribution in [0.3, 0.4) is 0 Å². The van der Waals surface area contributed by atoms with Crippen molar-refractivity contribution in [3.8, 4) is 0 Å².